The first-order valence-electron chi connectivity index (χ1n) is 8.44. The number of ether oxygens (including phenoxy) is 1. The molecule has 0 aromatic heterocycles. The van der Waals surface area contributed by atoms with E-state index >= 15 is 0 Å². The summed E-state index contributed by atoms with van der Waals surface area (Å²) in [6.07, 6.45) is 1.60. The quantitative estimate of drug-likeness (QED) is 0.736. The largest absolute Gasteiger partial charge is 0.480 e. The Morgan fingerprint density at radius 2 is 2.04 bits per heavy atom. The summed E-state index contributed by atoms with van der Waals surface area (Å²) in [5.74, 6) is -0.921. The molecule has 1 aliphatic heterocycles. The fourth-order valence-electron chi connectivity index (χ4n) is 2.93. The Bertz CT molecular complexity index is 675. The second kappa shape index (κ2) is 8.75. The van der Waals surface area contributed by atoms with Gasteiger partial charge in [-0.2, -0.15) is 4.31 Å². The Balaban J connectivity index is 2.04. The van der Waals surface area contributed by atoms with Gasteiger partial charge in [0.15, 0.2) is 0 Å². The van der Waals surface area contributed by atoms with Crippen molar-refractivity contribution in [1.29, 1.82) is 0 Å². The van der Waals surface area contributed by atoms with Crippen LogP contribution in [0.5, 0.6) is 0 Å². The summed E-state index contributed by atoms with van der Waals surface area (Å²) in [6.45, 7) is 3.18. The fraction of sp³-hybridized carbons (Fsp3) is 0.588. The van der Waals surface area contributed by atoms with E-state index in [4.69, 9.17) is 9.84 Å². The van der Waals surface area contributed by atoms with E-state index in [1.54, 1.807) is 24.1 Å². The number of morpholine rings is 1. The lowest BCUT2D eigenvalue weighted by molar-refractivity contribution is -0.138. The first kappa shape index (κ1) is 19.8. The number of carboxylic acids is 1. The van der Waals surface area contributed by atoms with Crippen LogP contribution in [0.2, 0.25) is 0 Å². The summed E-state index contributed by atoms with van der Waals surface area (Å²) in [5, 5.41) is 8.82. The molecule has 2 rings (SSSR count). The Morgan fingerprint density at radius 3 is 2.64 bits per heavy atom. The van der Waals surface area contributed by atoms with Crippen molar-refractivity contribution in [3.8, 4) is 0 Å². The number of likely N-dealkylation sites (N-methyl/N-ethyl adjacent to an activating group) is 1. The Morgan fingerprint density at radius 1 is 1.36 bits per heavy atom. The lowest BCUT2D eigenvalue weighted by Gasteiger charge is -2.33. The fourth-order valence-corrected chi connectivity index (χ4v) is 4.39. The molecule has 1 unspecified atom stereocenters. The first-order valence-corrected chi connectivity index (χ1v) is 9.88. The van der Waals surface area contributed by atoms with Crippen LogP contribution in [0.3, 0.4) is 0 Å². The molecule has 1 N–H and O–H groups in total. The molecule has 1 aromatic carbocycles. The number of hydrogen-bond donors (Lipinski definition) is 1. The van der Waals surface area contributed by atoms with Crippen LogP contribution in [0.25, 0.3) is 0 Å². The van der Waals surface area contributed by atoms with E-state index in [-0.39, 0.29) is 24.1 Å². The number of benzene rings is 1. The number of hydrogen-bond acceptors (Lipinski definition) is 5. The minimum atomic E-state index is -3.57. The molecule has 0 radical (unpaired) electrons. The highest BCUT2D eigenvalue weighted by molar-refractivity contribution is 7.89. The maximum Gasteiger partial charge on any atom is 0.317 e. The van der Waals surface area contributed by atoms with Crippen LogP contribution in [0.4, 0.5) is 0 Å². The minimum Gasteiger partial charge on any atom is -0.480 e. The van der Waals surface area contributed by atoms with Crippen LogP contribution in [-0.2, 0) is 26.0 Å². The predicted molar refractivity (Wildman–Crippen MR) is 94.1 cm³/mol. The maximum atomic E-state index is 12.8. The molecule has 0 amide bonds. The number of aryl methyl sites for hydroxylation is 1. The number of carbonyl (C=O) groups is 1. The van der Waals surface area contributed by atoms with Crippen LogP contribution in [0, 0.1) is 0 Å². The molecular formula is C17H26N2O5S. The number of carboxylic acid groups (broad SMARTS) is 1. The van der Waals surface area contributed by atoms with E-state index < -0.39 is 16.0 Å². The van der Waals surface area contributed by atoms with Crippen LogP contribution >= 0.6 is 0 Å². The summed E-state index contributed by atoms with van der Waals surface area (Å²) in [7, 11) is -1.89. The molecule has 140 valence electrons. The van der Waals surface area contributed by atoms with Gasteiger partial charge in [-0.1, -0.05) is 25.5 Å². The van der Waals surface area contributed by atoms with Gasteiger partial charge in [0, 0.05) is 19.6 Å². The molecule has 25 heavy (non-hydrogen) atoms. The molecule has 0 aliphatic carbocycles. The van der Waals surface area contributed by atoms with Crippen molar-refractivity contribution >= 4 is 16.0 Å². The average molecular weight is 370 g/mol. The van der Waals surface area contributed by atoms with E-state index in [9.17, 15) is 13.2 Å². The molecule has 0 bridgehead atoms. The van der Waals surface area contributed by atoms with E-state index in [2.05, 4.69) is 6.92 Å². The number of nitrogens with zero attached hydrogens (tertiary/aromatic N) is 2. The Kier molecular flexibility index (Phi) is 6.95. The van der Waals surface area contributed by atoms with Gasteiger partial charge in [0.2, 0.25) is 10.0 Å². The number of sulfonamides is 1. The third-order valence-electron chi connectivity index (χ3n) is 4.12. The lowest BCUT2D eigenvalue weighted by atomic mass is 10.1. The molecule has 1 saturated heterocycles. The smallest absolute Gasteiger partial charge is 0.317 e. The summed E-state index contributed by atoms with van der Waals surface area (Å²) >= 11 is 0. The lowest BCUT2D eigenvalue weighted by Crippen LogP contribution is -2.49. The molecule has 1 heterocycles. The first-order chi connectivity index (χ1) is 11.8. The molecule has 0 saturated carbocycles. The SMILES string of the molecule is CCCc1ccc(S(=O)(=O)N2CCOC(CN(C)CC(=O)O)C2)cc1. The maximum absolute atomic E-state index is 12.8. The van der Waals surface area contributed by atoms with Gasteiger partial charge in [-0.3, -0.25) is 9.69 Å². The van der Waals surface area contributed by atoms with Crippen LogP contribution in [0.15, 0.2) is 29.2 Å². The Labute approximate surface area is 149 Å². The molecule has 1 aromatic rings. The van der Waals surface area contributed by atoms with Gasteiger partial charge in [0.05, 0.1) is 24.2 Å². The molecular weight excluding hydrogens is 344 g/mol. The van der Waals surface area contributed by atoms with Gasteiger partial charge in [-0.05, 0) is 31.2 Å². The molecule has 1 aliphatic rings. The predicted octanol–water partition coefficient (Wildman–Crippen LogP) is 1.05. The van der Waals surface area contributed by atoms with E-state index in [0.29, 0.717) is 19.7 Å². The van der Waals surface area contributed by atoms with E-state index in [1.807, 2.05) is 12.1 Å². The van der Waals surface area contributed by atoms with Crippen LogP contribution in [-0.4, -0.2) is 74.6 Å². The van der Waals surface area contributed by atoms with Crippen molar-refractivity contribution in [3.63, 3.8) is 0 Å². The molecule has 8 heteroatoms. The third-order valence-corrected chi connectivity index (χ3v) is 6.00. The molecule has 1 atom stereocenters. The van der Waals surface area contributed by atoms with E-state index in [0.717, 1.165) is 18.4 Å². The Hall–Kier alpha value is -1.48. The summed E-state index contributed by atoms with van der Waals surface area (Å²) < 4.78 is 32.7. The highest BCUT2D eigenvalue weighted by Crippen LogP contribution is 2.20. The number of aliphatic carboxylic acids is 1. The van der Waals surface area contributed by atoms with Gasteiger partial charge in [0.1, 0.15) is 0 Å². The van der Waals surface area contributed by atoms with Crippen LogP contribution in [0.1, 0.15) is 18.9 Å². The highest BCUT2D eigenvalue weighted by atomic mass is 32.2. The zero-order chi connectivity index (χ0) is 18.4. The zero-order valence-electron chi connectivity index (χ0n) is 14.7. The van der Waals surface area contributed by atoms with Crippen molar-refractivity contribution in [1.82, 2.24) is 9.21 Å². The van der Waals surface area contributed by atoms with Gasteiger partial charge in [0.25, 0.3) is 0 Å². The minimum absolute atomic E-state index is 0.106. The highest BCUT2D eigenvalue weighted by Gasteiger charge is 2.31. The van der Waals surface area contributed by atoms with Crippen LogP contribution < -0.4 is 0 Å². The van der Waals surface area contributed by atoms with Gasteiger partial charge < -0.3 is 9.84 Å². The summed E-state index contributed by atoms with van der Waals surface area (Å²) in [6, 6.07) is 7.02. The normalized spacial score (nSPS) is 19.2. The van der Waals surface area contributed by atoms with Gasteiger partial charge in [-0.15, -0.1) is 0 Å². The van der Waals surface area contributed by atoms with E-state index in [1.165, 1.54) is 4.31 Å². The monoisotopic (exact) mass is 370 g/mol. The molecule has 7 nitrogen and oxygen atoms in total. The van der Waals surface area contributed by atoms with Crippen molar-refractivity contribution in [2.24, 2.45) is 0 Å². The van der Waals surface area contributed by atoms with Crippen molar-refractivity contribution in [3.05, 3.63) is 29.8 Å². The van der Waals surface area contributed by atoms with Gasteiger partial charge in [-0.25, -0.2) is 8.42 Å². The summed E-state index contributed by atoms with van der Waals surface area (Å²) in [4.78, 5) is 12.6. The van der Waals surface area contributed by atoms with Crippen molar-refractivity contribution in [2.75, 3.05) is 39.8 Å². The molecule has 0 spiro atoms. The van der Waals surface area contributed by atoms with Crippen molar-refractivity contribution in [2.45, 2.75) is 30.8 Å². The second-order valence-corrected chi connectivity index (χ2v) is 8.28. The average Bonchev–Trinajstić information content (AvgIpc) is 2.55. The second-order valence-electron chi connectivity index (χ2n) is 6.34. The third kappa shape index (κ3) is 5.50. The zero-order valence-corrected chi connectivity index (χ0v) is 15.5. The molecule has 1 fully saturated rings. The topological polar surface area (TPSA) is 87.2 Å². The summed E-state index contributed by atoms with van der Waals surface area (Å²) in [5.41, 5.74) is 1.12. The van der Waals surface area contributed by atoms with Gasteiger partial charge >= 0.3 is 5.97 Å². The standard InChI is InChI=1S/C17H26N2O5S/c1-3-4-14-5-7-16(8-6-14)25(22,23)19-9-10-24-15(12-19)11-18(2)13-17(20)21/h5-8,15H,3-4,9-13H2,1-2H3,(H,20,21). The number of rotatable bonds is 8. The van der Waals surface area contributed by atoms with Crippen molar-refractivity contribution < 1.29 is 23.1 Å².